The molecule has 0 aliphatic carbocycles. The van der Waals surface area contributed by atoms with Crippen molar-refractivity contribution < 1.29 is 4.79 Å². The number of hydrogen-bond acceptors (Lipinski definition) is 5. The van der Waals surface area contributed by atoms with Crippen LogP contribution >= 0.6 is 0 Å². The highest BCUT2D eigenvalue weighted by atomic mass is 16.1. The average molecular weight is 265 g/mol. The highest BCUT2D eigenvalue weighted by molar-refractivity contribution is 5.77. The predicted octanol–water partition coefficient (Wildman–Crippen LogP) is 1.04. The summed E-state index contributed by atoms with van der Waals surface area (Å²) in [6.07, 6.45) is 0. The molecule has 6 heteroatoms. The molecule has 0 radical (unpaired) electrons. The maximum Gasteiger partial charge on any atom is 0.222 e. The number of anilines is 2. The van der Waals surface area contributed by atoms with Crippen molar-refractivity contribution in [2.24, 2.45) is 5.92 Å². The van der Waals surface area contributed by atoms with E-state index in [4.69, 9.17) is 0 Å². The normalized spacial score (nSPS) is 10.4. The molecule has 0 saturated heterocycles. The van der Waals surface area contributed by atoms with Crippen LogP contribution in [-0.4, -0.2) is 43.1 Å². The van der Waals surface area contributed by atoms with Gasteiger partial charge in [0.2, 0.25) is 5.91 Å². The summed E-state index contributed by atoms with van der Waals surface area (Å²) in [6, 6.07) is 1.89. The van der Waals surface area contributed by atoms with Gasteiger partial charge in [0.15, 0.2) is 0 Å². The minimum atomic E-state index is 0.0154. The number of nitrogens with zero attached hydrogens (tertiary/aromatic N) is 3. The minimum Gasteiger partial charge on any atom is -0.368 e. The van der Waals surface area contributed by atoms with Gasteiger partial charge in [-0.2, -0.15) is 0 Å². The molecule has 0 spiro atoms. The molecule has 0 aliphatic heterocycles. The summed E-state index contributed by atoms with van der Waals surface area (Å²) in [5, 5.41) is 6.03. The number of hydrogen-bond donors (Lipinski definition) is 2. The number of rotatable bonds is 6. The van der Waals surface area contributed by atoms with E-state index in [1.807, 2.05) is 45.8 Å². The fourth-order valence-corrected chi connectivity index (χ4v) is 1.45. The van der Waals surface area contributed by atoms with Gasteiger partial charge in [-0.25, -0.2) is 9.97 Å². The third-order valence-corrected chi connectivity index (χ3v) is 2.54. The Bertz CT molecular complexity index is 431. The Hall–Kier alpha value is -1.85. The Kier molecular flexibility index (Phi) is 5.54. The molecule has 0 unspecified atom stereocenters. The zero-order valence-corrected chi connectivity index (χ0v) is 12.3. The molecule has 0 saturated carbocycles. The first-order valence-electron chi connectivity index (χ1n) is 6.44. The van der Waals surface area contributed by atoms with Crippen LogP contribution in [0.3, 0.4) is 0 Å². The van der Waals surface area contributed by atoms with E-state index < -0.39 is 0 Å². The van der Waals surface area contributed by atoms with E-state index in [9.17, 15) is 4.79 Å². The van der Waals surface area contributed by atoms with Crippen LogP contribution in [0.4, 0.5) is 11.6 Å². The van der Waals surface area contributed by atoms with E-state index in [1.165, 1.54) is 0 Å². The molecular formula is C13H23N5O. The lowest BCUT2D eigenvalue weighted by Gasteiger charge is -2.14. The topological polar surface area (TPSA) is 70.2 Å². The maximum atomic E-state index is 11.4. The Labute approximate surface area is 114 Å². The number of carbonyl (C=O) groups is 1. The third kappa shape index (κ3) is 5.11. The summed E-state index contributed by atoms with van der Waals surface area (Å²) in [5.74, 6) is 2.44. The number of nitrogens with one attached hydrogen (secondary N) is 2. The monoisotopic (exact) mass is 265 g/mol. The molecule has 1 rings (SSSR count). The van der Waals surface area contributed by atoms with Crippen molar-refractivity contribution in [1.82, 2.24) is 15.3 Å². The summed E-state index contributed by atoms with van der Waals surface area (Å²) in [7, 11) is 3.88. The van der Waals surface area contributed by atoms with Crippen molar-refractivity contribution in [1.29, 1.82) is 0 Å². The van der Waals surface area contributed by atoms with E-state index in [-0.39, 0.29) is 11.8 Å². The summed E-state index contributed by atoms with van der Waals surface area (Å²) in [6.45, 7) is 6.83. The van der Waals surface area contributed by atoms with Crippen LogP contribution < -0.4 is 15.5 Å². The second kappa shape index (κ2) is 6.92. The lowest BCUT2D eigenvalue weighted by molar-refractivity contribution is -0.123. The summed E-state index contributed by atoms with van der Waals surface area (Å²) in [4.78, 5) is 21.9. The van der Waals surface area contributed by atoms with Crippen molar-refractivity contribution in [3.05, 3.63) is 11.9 Å². The average Bonchev–Trinajstić information content (AvgIpc) is 2.33. The number of amides is 1. The zero-order chi connectivity index (χ0) is 14.4. The van der Waals surface area contributed by atoms with Crippen LogP contribution in [0.15, 0.2) is 6.07 Å². The van der Waals surface area contributed by atoms with Crippen LogP contribution in [0, 0.1) is 12.8 Å². The van der Waals surface area contributed by atoms with E-state index >= 15 is 0 Å². The number of aryl methyl sites for hydroxylation is 1. The molecule has 1 aromatic rings. The van der Waals surface area contributed by atoms with E-state index in [2.05, 4.69) is 20.6 Å². The fourth-order valence-electron chi connectivity index (χ4n) is 1.45. The van der Waals surface area contributed by atoms with Gasteiger partial charge < -0.3 is 15.5 Å². The molecule has 0 aromatic carbocycles. The van der Waals surface area contributed by atoms with Gasteiger partial charge in [0.05, 0.1) is 0 Å². The molecular weight excluding hydrogens is 242 g/mol. The second-order valence-corrected chi connectivity index (χ2v) is 4.93. The van der Waals surface area contributed by atoms with Gasteiger partial charge in [0, 0.05) is 39.2 Å². The molecule has 0 aliphatic rings. The Morgan fingerprint density at radius 3 is 2.58 bits per heavy atom. The molecule has 6 nitrogen and oxygen atoms in total. The zero-order valence-electron chi connectivity index (χ0n) is 12.3. The van der Waals surface area contributed by atoms with Gasteiger partial charge in [-0.3, -0.25) is 4.79 Å². The summed E-state index contributed by atoms with van der Waals surface area (Å²) < 4.78 is 0. The number of aromatic nitrogens is 2. The molecule has 0 atom stereocenters. The molecule has 1 amide bonds. The summed E-state index contributed by atoms with van der Waals surface area (Å²) >= 11 is 0. The quantitative estimate of drug-likeness (QED) is 0.752. The predicted molar refractivity (Wildman–Crippen MR) is 77.4 cm³/mol. The molecule has 1 heterocycles. The first-order chi connectivity index (χ1) is 8.90. The van der Waals surface area contributed by atoms with E-state index in [0.717, 1.165) is 17.5 Å². The van der Waals surface area contributed by atoms with Crippen LogP contribution in [0.1, 0.15) is 19.7 Å². The van der Waals surface area contributed by atoms with Crippen molar-refractivity contribution in [2.75, 3.05) is 37.4 Å². The van der Waals surface area contributed by atoms with Crippen LogP contribution in [-0.2, 0) is 4.79 Å². The highest BCUT2D eigenvalue weighted by Crippen LogP contribution is 2.12. The molecule has 0 bridgehead atoms. The lowest BCUT2D eigenvalue weighted by atomic mass is 10.2. The summed E-state index contributed by atoms with van der Waals surface area (Å²) in [5.41, 5.74) is 0. The van der Waals surface area contributed by atoms with Crippen LogP contribution in [0.25, 0.3) is 0 Å². The largest absolute Gasteiger partial charge is 0.368 e. The van der Waals surface area contributed by atoms with Crippen molar-refractivity contribution in [2.45, 2.75) is 20.8 Å². The standard InChI is InChI=1S/C13H23N5O/c1-9(2)13(19)15-7-6-14-11-8-12(18(4)5)17-10(3)16-11/h8-9H,6-7H2,1-5H3,(H,15,19)(H,14,16,17). The van der Waals surface area contributed by atoms with Gasteiger partial charge in [-0.05, 0) is 6.92 Å². The van der Waals surface area contributed by atoms with Gasteiger partial charge in [-0.1, -0.05) is 13.8 Å². The van der Waals surface area contributed by atoms with Gasteiger partial charge in [0.25, 0.3) is 0 Å². The fraction of sp³-hybridized carbons (Fsp3) is 0.615. The van der Waals surface area contributed by atoms with Gasteiger partial charge in [0.1, 0.15) is 17.5 Å². The van der Waals surface area contributed by atoms with E-state index in [0.29, 0.717) is 13.1 Å². The SMILES string of the molecule is Cc1nc(NCCNC(=O)C(C)C)cc(N(C)C)n1. The second-order valence-electron chi connectivity index (χ2n) is 4.93. The maximum absolute atomic E-state index is 11.4. The van der Waals surface area contributed by atoms with E-state index in [1.54, 1.807) is 0 Å². The minimum absolute atomic E-state index is 0.0154. The molecule has 19 heavy (non-hydrogen) atoms. The van der Waals surface area contributed by atoms with Crippen molar-refractivity contribution in [3.8, 4) is 0 Å². The van der Waals surface area contributed by atoms with Gasteiger partial charge in [-0.15, -0.1) is 0 Å². The molecule has 0 fully saturated rings. The molecule has 106 valence electrons. The third-order valence-electron chi connectivity index (χ3n) is 2.54. The first-order valence-corrected chi connectivity index (χ1v) is 6.44. The smallest absolute Gasteiger partial charge is 0.222 e. The molecule has 1 aromatic heterocycles. The lowest BCUT2D eigenvalue weighted by Crippen LogP contribution is -2.32. The van der Waals surface area contributed by atoms with Crippen LogP contribution in [0.2, 0.25) is 0 Å². The van der Waals surface area contributed by atoms with Crippen molar-refractivity contribution in [3.63, 3.8) is 0 Å². The van der Waals surface area contributed by atoms with Crippen molar-refractivity contribution >= 4 is 17.5 Å². The first kappa shape index (κ1) is 15.2. The van der Waals surface area contributed by atoms with Gasteiger partial charge >= 0.3 is 0 Å². The van der Waals surface area contributed by atoms with Crippen LogP contribution in [0.5, 0.6) is 0 Å². The Morgan fingerprint density at radius 2 is 2.00 bits per heavy atom. The molecule has 2 N–H and O–H groups in total. The Balaban J connectivity index is 2.47. The highest BCUT2D eigenvalue weighted by Gasteiger charge is 2.06. The number of carbonyl (C=O) groups excluding carboxylic acids is 1. The Morgan fingerprint density at radius 1 is 1.32 bits per heavy atom.